The number of aryl methyl sites for hydroxylation is 1. The predicted octanol–water partition coefficient (Wildman–Crippen LogP) is 2.21. The standard InChI is InChI=1S/C16H24N2O2S/c1-10-6-8-21-12(10)9-18-14(19)16(17)11-5-4-7-20-13(11)15(16,2)3/h6,8,11,13H,4-5,7,9,17H2,1-3H3,(H,18,19). The van der Waals surface area contributed by atoms with Crippen molar-refractivity contribution in [2.75, 3.05) is 6.61 Å². The monoisotopic (exact) mass is 308 g/mol. The van der Waals surface area contributed by atoms with E-state index >= 15 is 0 Å². The first-order valence-electron chi connectivity index (χ1n) is 7.61. The Hall–Kier alpha value is -0.910. The molecule has 0 spiro atoms. The van der Waals surface area contributed by atoms with Crippen LogP contribution in [-0.4, -0.2) is 24.2 Å². The van der Waals surface area contributed by atoms with Gasteiger partial charge in [-0.2, -0.15) is 0 Å². The lowest BCUT2D eigenvalue weighted by molar-refractivity contribution is -0.225. The fraction of sp³-hybridized carbons (Fsp3) is 0.688. The van der Waals surface area contributed by atoms with E-state index < -0.39 is 5.54 Å². The second kappa shape index (κ2) is 5.07. The number of hydrogen-bond donors (Lipinski definition) is 2. The number of ether oxygens (including phenoxy) is 1. The number of carbonyl (C=O) groups is 1. The molecule has 1 aliphatic carbocycles. The quantitative estimate of drug-likeness (QED) is 0.900. The minimum Gasteiger partial charge on any atom is -0.377 e. The molecule has 3 rings (SSSR count). The number of nitrogens with one attached hydrogen (secondary N) is 1. The SMILES string of the molecule is Cc1ccsc1CNC(=O)C1(N)C2CCCOC2C1(C)C. The molecular weight excluding hydrogens is 284 g/mol. The summed E-state index contributed by atoms with van der Waals surface area (Å²) in [5.41, 5.74) is 6.66. The molecule has 1 aliphatic heterocycles. The lowest BCUT2D eigenvalue weighted by Gasteiger charge is -2.65. The highest BCUT2D eigenvalue weighted by atomic mass is 32.1. The van der Waals surface area contributed by atoms with Crippen LogP contribution >= 0.6 is 11.3 Å². The van der Waals surface area contributed by atoms with Gasteiger partial charge in [0.25, 0.3) is 0 Å². The molecule has 2 fully saturated rings. The van der Waals surface area contributed by atoms with Gasteiger partial charge in [0.15, 0.2) is 0 Å². The van der Waals surface area contributed by atoms with E-state index in [4.69, 9.17) is 10.5 Å². The van der Waals surface area contributed by atoms with Gasteiger partial charge in [0.2, 0.25) is 5.91 Å². The van der Waals surface area contributed by atoms with Crippen LogP contribution in [0.5, 0.6) is 0 Å². The molecule has 0 bridgehead atoms. The highest BCUT2D eigenvalue weighted by Crippen LogP contribution is 2.57. The third-order valence-corrected chi connectivity index (χ3v) is 6.46. The molecule has 116 valence electrons. The van der Waals surface area contributed by atoms with Crippen LogP contribution in [0.25, 0.3) is 0 Å². The van der Waals surface area contributed by atoms with Crippen LogP contribution in [0.4, 0.5) is 0 Å². The molecular formula is C16H24N2O2S. The number of nitrogens with two attached hydrogens (primary N) is 1. The van der Waals surface area contributed by atoms with Crippen LogP contribution in [0.1, 0.15) is 37.1 Å². The first-order valence-corrected chi connectivity index (χ1v) is 8.48. The third kappa shape index (κ3) is 2.05. The van der Waals surface area contributed by atoms with Crippen LogP contribution in [-0.2, 0) is 16.1 Å². The predicted molar refractivity (Wildman–Crippen MR) is 84.1 cm³/mol. The topological polar surface area (TPSA) is 64.4 Å². The highest BCUT2D eigenvalue weighted by molar-refractivity contribution is 7.10. The fourth-order valence-electron chi connectivity index (χ4n) is 3.93. The maximum Gasteiger partial charge on any atom is 0.241 e. The second-order valence-corrected chi connectivity index (χ2v) is 7.84. The zero-order valence-electron chi connectivity index (χ0n) is 12.9. The van der Waals surface area contributed by atoms with Crippen molar-refractivity contribution in [1.82, 2.24) is 5.32 Å². The minimum atomic E-state index is -0.816. The van der Waals surface area contributed by atoms with E-state index in [2.05, 4.69) is 32.2 Å². The summed E-state index contributed by atoms with van der Waals surface area (Å²) in [5, 5.41) is 5.10. The van der Waals surface area contributed by atoms with Crippen LogP contribution in [0, 0.1) is 18.3 Å². The van der Waals surface area contributed by atoms with Gasteiger partial charge in [-0.05, 0) is 36.8 Å². The van der Waals surface area contributed by atoms with Gasteiger partial charge in [-0.25, -0.2) is 0 Å². The van der Waals surface area contributed by atoms with Crippen molar-refractivity contribution in [3.8, 4) is 0 Å². The lowest BCUT2D eigenvalue weighted by Crippen LogP contribution is -2.82. The van der Waals surface area contributed by atoms with Crippen molar-refractivity contribution in [3.63, 3.8) is 0 Å². The average Bonchev–Trinajstić information content (AvgIpc) is 2.89. The Labute approximate surface area is 130 Å². The number of fused-ring (bicyclic) bond motifs is 1. The summed E-state index contributed by atoms with van der Waals surface area (Å²) in [6.07, 6.45) is 2.09. The summed E-state index contributed by atoms with van der Waals surface area (Å²) in [6.45, 7) is 7.52. The number of rotatable bonds is 3. The average molecular weight is 308 g/mol. The third-order valence-electron chi connectivity index (χ3n) is 5.44. The lowest BCUT2D eigenvalue weighted by atomic mass is 9.46. The van der Waals surface area contributed by atoms with Crippen LogP contribution in [0.2, 0.25) is 0 Å². The molecule has 1 aromatic rings. The molecule has 2 aliphatic rings. The van der Waals surface area contributed by atoms with Gasteiger partial charge in [-0.1, -0.05) is 13.8 Å². The van der Waals surface area contributed by atoms with Crippen molar-refractivity contribution in [2.24, 2.45) is 17.1 Å². The van der Waals surface area contributed by atoms with Crippen molar-refractivity contribution in [3.05, 3.63) is 21.9 Å². The molecule has 1 aromatic heterocycles. The molecule has 2 heterocycles. The number of thiophene rings is 1. The van der Waals surface area contributed by atoms with E-state index in [1.165, 1.54) is 10.4 Å². The molecule has 3 N–H and O–H groups in total. The van der Waals surface area contributed by atoms with Gasteiger partial charge in [0, 0.05) is 22.8 Å². The maximum atomic E-state index is 12.7. The van der Waals surface area contributed by atoms with Crippen molar-refractivity contribution in [1.29, 1.82) is 0 Å². The summed E-state index contributed by atoms with van der Waals surface area (Å²) in [4.78, 5) is 13.9. The molecule has 21 heavy (non-hydrogen) atoms. The molecule has 4 nitrogen and oxygen atoms in total. The zero-order valence-corrected chi connectivity index (χ0v) is 13.8. The largest absolute Gasteiger partial charge is 0.377 e. The van der Waals surface area contributed by atoms with Crippen molar-refractivity contribution < 1.29 is 9.53 Å². The molecule has 3 unspecified atom stereocenters. The summed E-state index contributed by atoms with van der Waals surface area (Å²) < 4.78 is 5.85. The van der Waals surface area contributed by atoms with Gasteiger partial charge < -0.3 is 15.8 Å². The van der Waals surface area contributed by atoms with Gasteiger partial charge >= 0.3 is 0 Å². The molecule has 0 aromatic carbocycles. The van der Waals surface area contributed by atoms with E-state index in [1.54, 1.807) is 11.3 Å². The molecule has 1 saturated heterocycles. The summed E-state index contributed by atoms with van der Waals surface area (Å²) in [6, 6.07) is 2.07. The fourth-order valence-corrected chi connectivity index (χ4v) is 4.77. The first-order chi connectivity index (χ1) is 9.89. The van der Waals surface area contributed by atoms with Crippen molar-refractivity contribution in [2.45, 2.75) is 51.8 Å². The normalized spacial score (nSPS) is 33.9. The Morgan fingerprint density at radius 3 is 3.00 bits per heavy atom. The van der Waals surface area contributed by atoms with Crippen LogP contribution in [0.15, 0.2) is 11.4 Å². The Morgan fingerprint density at radius 1 is 1.57 bits per heavy atom. The molecule has 1 amide bonds. The Morgan fingerprint density at radius 2 is 2.33 bits per heavy atom. The van der Waals surface area contributed by atoms with Crippen LogP contribution in [0.3, 0.4) is 0 Å². The Balaban J connectivity index is 1.72. The van der Waals surface area contributed by atoms with Gasteiger partial charge in [0.1, 0.15) is 5.54 Å². The molecule has 1 saturated carbocycles. The smallest absolute Gasteiger partial charge is 0.241 e. The maximum absolute atomic E-state index is 12.7. The Bertz CT molecular complexity index is 554. The minimum absolute atomic E-state index is 0.0351. The van der Waals surface area contributed by atoms with Crippen molar-refractivity contribution >= 4 is 17.2 Å². The molecule has 0 radical (unpaired) electrons. The number of carbonyl (C=O) groups excluding carboxylic acids is 1. The van der Waals surface area contributed by atoms with Gasteiger partial charge in [-0.15, -0.1) is 11.3 Å². The Kier molecular flexibility index (Phi) is 3.62. The van der Waals surface area contributed by atoms with Crippen LogP contribution < -0.4 is 11.1 Å². The summed E-state index contributed by atoms with van der Waals surface area (Å²) >= 11 is 1.67. The second-order valence-electron chi connectivity index (χ2n) is 6.84. The van der Waals surface area contributed by atoms with E-state index in [-0.39, 0.29) is 23.3 Å². The van der Waals surface area contributed by atoms with E-state index in [0.717, 1.165) is 19.4 Å². The van der Waals surface area contributed by atoms with E-state index in [1.807, 2.05) is 5.38 Å². The highest BCUT2D eigenvalue weighted by Gasteiger charge is 2.70. The zero-order chi connectivity index (χ0) is 15.3. The summed E-state index contributed by atoms with van der Waals surface area (Å²) in [7, 11) is 0. The van der Waals surface area contributed by atoms with E-state index in [9.17, 15) is 4.79 Å². The van der Waals surface area contributed by atoms with E-state index in [0.29, 0.717) is 6.54 Å². The summed E-state index contributed by atoms with van der Waals surface area (Å²) in [5.74, 6) is 0.109. The number of hydrogen-bond acceptors (Lipinski definition) is 4. The van der Waals surface area contributed by atoms with Gasteiger partial charge in [-0.3, -0.25) is 4.79 Å². The molecule has 3 atom stereocenters. The molecule has 5 heteroatoms. The first kappa shape index (κ1) is 15.0. The number of amides is 1. The van der Waals surface area contributed by atoms with Gasteiger partial charge in [0.05, 0.1) is 12.6 Å².